The van der Waals surface area contributed by atoms with Crippen molar-refractivity contribution in [1.29, 1.82) is 0 Å². The number of likely N-dealkylation sites (tertiary alicyclic amines) is 1. The number of amides is 1. The van der Waals surface area contributed by atoms with Gasteiger partial charge < -0.3 is 19.5 Å². The molecule has 1 saturated carbocycles. The van der Waals surface area contributed by atoms with Gasteiger partial charge in [0.1, 0.15) is 11.9 Å². The Bertz CT molecular complexity index is 1440. The van der Waals surface area contributed by atoms with Crippen LogP contribution in [0.3, 0.4) is 0 Å². The van der Waals surface area contributed by atoms with Crippen LogP contribution in [0, 0.1) is 24.7 Å². The van der Waals surface area contributed by atoms with Crippen molar-refractivity contribution in [2.45, 2.75) is 63.1 Å². The number of esters is 1. The van der Waals surface area contributed by atoms with E-state index in [-0.39, 0.29) is 41.2 Å². The molecule has 6 rings (SSSR count). The molecule has 2 bridgehead atoms. The van der Waals surface area contributed by atoms with Gasteiger partial charge in [0.15, 0.2) is 11.5 Å². The number of aryl methyl sites for hydroxylation is 1. The molecule has 202 valence electrons. The molecule has 1 N–H and O–H groups in total. The fourth-order valence-corrected chi connectivity index (χ4v) is 7.77. The molecule has 2 fully saturated rings. The van der Waals surface area contributed by atoms with Gasteiger partial charge in [-0.2, -0.15) is 0 Å². The minimum Gasteiger partial charge on any atom is -0.504 e. The number of benzene rings is 2. The summed E-state index contributed by atoms with van der Waals surface area (Å²) in [4.78, 5) is 29.5. The van der Waals surface area contributed by atoms with Crippen LogP contribution in [-0.2, 0) is 21.4 Å². The fourth-order valence-electron chi connectivity index (χ4n) is 7.77. The molecule has 4 aliphatic rings. The fraction of sp³-hybridized carbons (Fsp3) is 0.438. The highest BCUT2D eigenvalue weighted by Gasteiger charge is 2.67. The maximum atomic E-state index is 13.3. The predicted octanol–water partition coefficient (Wildman–Crippen LogP) is 3.73. The van der Waals surface area contributed by atoms with Gasteiger partial charge in [0.25, 0.3) is 5.91 Å². The van der Waals surface area contributed by atoms with Gasteiger partial charge in [-0.25, -0.2) is 0 Å². The Morgan fingerprint density at radius 1 is 1.33 bits per heavy atom. The lowest BCUT2D eigenvalue weighted by atomic mass is 9.51. The standard InChI is InChI=1S/C32H34N2O5/c1-5-14-34-15-13-32-23-10-11-24(33(4)28(37)12-9-21-8-6-7-19(2)16-21)31(32)39-30-26(36)18-27(38-20(3)35)22(29(30)32)17-25(23)34/h5-8,16,18,23-25,31,36H,1,10-11,13-15,17H2,2-4H3/t23-,24+,25+,31-,32-/m0/s1. The van der Waals surface area contributed by atoms with Crippen LogP contribution < -0.4 is 9.47 Å². The van der Waals surface area contributed by atoms with Gasteiger partial charge in [0, 0.05) is 60.7 Å². The molecule has 2 heterocycles. The summed E-state index contributed by atoms with van der Waals surface area (Å²) in [6.07, 6.45) is 4.85. The summed E-state index contributed by atoms with van der Waals surface area (Å²) in [5.41, 5.74) is 3.42. The molecule has 2 aromatic rings. The first-order valence-electron chi connectivity index (χ1n) is 13.7. The Labute approximate surface area is 229 Å². The third-order valence-electron chi connectivity index (χ3n) is 9.26. The second-order valence-corrected chi connectivity index (χ2v) is 11.3. The molecule has 7 nitrogen and oxygen atoms in total. The molecule has 5 atom stereocenters. The molecule has 7 heteroatoms. The SMILES string of the molecule is C=CCN1CC[C@]23c4c5c(OC(C)=O)cc(O)c4O[C@H]2[C@H](N(C)C(=O)C#Cc2cccc(C)c2)CC[C@H]3[C@H]1C5. The number of carbonyl (C=O) groups is 2. The van der Waals surface area contributed by atoms with Crippen LogP contribution in [0.15, 0.2) is 43.0 Å². The number of aromatic hydroxyl groups is 1. The van der Waals surface area contributed by atoms with Crippen LogP contribution in [0.4, 0.5) is 0 Å². The summed E-state index contributed by atoms with van der Waals surface area (Å²) in [5, 5.41) is 11.1. The summed E-state index contributed by atoms with van der Waals surface area (Å²) >= 11 is 0. The Hall–Kier alpha value is -3.76. The maximum Gasteiger partial charge on any atom is 0.308 e. The van der Waals surface area contributed by atoms with Crippen molar-refractivity contribution in [2.75, 3.05) is 20.1 Å². The Morgan fingerprint density at radius 3 is 2.90 bits per heavy atom. The second kappa shape index (κ2) is 9.46. The van der Waals surface area contributed by atoms with Crippen molar-refractivity contribution in [3.63, 3.8) is 0 Å². The van der Waals surface area contributed by atoms with Gasteiger partial charge in [0.05, 0.1) is 6.04 Å². The summed E-state index contributed by atoms with van der Waals surface area (Å²) in [5.74, 6) is 6.33. The first kappa shape index (κ1) is 25.5. The van der Waals surface area contributed by atoms with Crippen LogP contribution in [0.25, 0.3) is 0 Å². The quantitative estimate of drug-likeness (QED) is 0.283. The average molecular weight is 527 g/mol. The van der Waals surface area contributed by atoms with Crippen molar-refractivity contribution in [3.05, 3.63) is 65.2 Å². The Balaban J connectivity index is 1.41. The summed E-state index contributed by atoms with van der Waals surface area (Å²) < 4.78 is 12.3. The number of ether oxygens (including phenoxy) is 2. The van der Waals surface area contributed by atoms with Crippen LogP contribution in [0.2, 0.25) is 0 Å². The van der Waals surface area contributed by atoms with Crippen molar-refractivity contribution in [1.82, 2.24) is 9.80 Å². The largest absolute Gasteiger partial charge is 0.504 e. The number of hydrogen-bond donors (Lipinski definition) is 1. The lowest BCUT2D eigenvalue weighted by Gasteiger charge is -2.60. The highest BCUT2D eigenvalue weighted by atomic mass is 16.5. The van der Waals surface area contributed by atoms with Crippen molar-refractivity contribution in [2.24, 2.45) is 5.92 Å². The third-order valence-corrected chi connectivity index (χ3v) is 9.26. The number of rotatable bonds is 4. The molecular weight excluding hydrogens is 492 g/mol. The number of nitrogens with zero attached hydrogens (tertiary/aromatic N) is 2. The van der Waals surface area contributed by atoms with E-state index in [1.807, 2.05) is 37.3 Å². The third kappa shape index (κ3) is 3.92. The Kier molecular flexibility index (Phi) is 6.19. The van der Waals surface area contributed by atoms with E-state index in [0.29, 0.717) is 17.9 Å². The maximum absolute atomic E-state index is 13.3. The lowest BCUT2D eigenvalue weighted by Crippen LogP contribution is -2.68. The van der Waals surface area contributed by atoms with Crippen molar-refractivity contribution < 1.29 is 24.2 Å². The first-order chi connectivity index (χ1) is 18.7. The molecular formula is C32H34N2O5. The zero-order valence-corrected chi connectivity index (χ0v) is 22.7. The summed E-state index contributed by atoms with van der Waals surface area (Å²) in [7, 11) is 1.81. The van der Waals surface area contributed by atoms with Crippen LogP contribution in [0.1, 0.15) is 48.4 Å². The Morgan fingerprint density at radius 2 is 2.15 bits per heavy atom. The van der Waals surface area contributed by atoms with E-state index in [0.717, 1.165) is 54.6 Å². The minimum atomic E-state index is -0.423. The number of phenols is 1. The van der Waals surface area contributed by atoms with E-state index < -0.39 is 5.97 Å². The molecule has 2 aromatic carbocycles. The van der Waals surface area contributed by atoms with Crippen LogP contribution in [-0.4, -0.2) is 65.1 Å². The predicted molar refractivity (Wildman–Crippen MR) is 147 cm³/mol. The van der Waals surface area contributed by atoms with Gasteiger partial charge in [-0.05, 0) is 62.8 Å². The van der Waals surface area contributed by atoms with Gasteiger partial charge in [-0.15, -0.1) is 6.58 Å². The van der Waals surface area contributed by atoms with Crippen LogP contribution in [0.5, 0.6) is 17.2 Å². The van der Waals surface area contributed by atoms with E-state index in [1.165, 1.54) is 13.0 Å². The zero-order chi connectivity index (χ0) is 27.5. The van der Waals surface area contributed by atoms with Gasteiger partial charge in [-0.1, -0.05) is 24.1 Å². The molecule has 2 aliphatic carbocycles. The molecule has 0 radical (unpaired) electrons. The smallest absolute Gasteiger partial charge is 0.308 e. The molecule has 1 amide bonds. The van der Waals surface area contributed by atoms with Gasteiger partial charge in [-0.3, -0.25) is 14.5 Å². The normalized spacial score (nSPS) is 27.9. The van der Waals surface area contributed by atoms with Crippen LogP contribution >= 0.6 is 0 Å². The zero-order valence-electron chi connectivity index (χ0n) is 22.7. The molecule has 1 saturated heterocycles. The van der Waals surface area contributed by atoms with E-state index in [9.17, 15) is 14.7 Å². The van der Waals surface area contributed by atoms with E-state index in [4.69, 9.17) is 9.47 Å². The van der Waals surface area contributed by atoms with Crippen molar-refractivity contribution in [3.8, 4) is 29.1 Å². The minimum absolute atomic E-state index is 0.0218. The summed E-state index contributed by atoms with van der Waals surface area (Å²) in [6.45, 7) is 8.99. The number of hydrogen-bond acceptors (Lipinski definition) is 6. The molecule has 0 unspecified atom stereocenters. The topological polar surface area (TPSA) is 79.3 Å². The average Bonchev–Trinajstić information content (AvgIpc) is 3.24. The van der Waals surface area contributed by atoms with E-state index in [2.05, 4.69) is 23.3 Å². The highest BCUT2D eigenvalue weighted by molar-refractivity contribution is 5.94. The molecule has 0 aromatic heterocycles. The second-order valence-electron chi connectivity index (χ2n) is 11.3. The van der Waals surface area contributed by atoms with Gasteiger partial charge in [0.2, 0.25) is 0 Å². The molecule has 1 spiro atoms. The number of carbonyl (C=O) groups excluding carboxylic acids is 2. The lowest BCUT2D eigenvalue weighted by molar-refractivity contribution is -0.134. The van der Waals surface area contributed by atoms with Crippen molar-refractivity contribution >= 4 is 11.9 Å². The number of likely N-dealkylation sites (N-methyl/N-ethyl adjacent to an activating group) is 1. The first-order valence-corrected chi connectivity index (χ1v) is 13.7. The van der Waals surface area contributed by atoms with E-state index in [1.54, 1.807) is 11.9 Å². The molecule has 2 aliphatic heterocycles. The van der Waals surface area contributed by atoms with E-state index >= 15 is 0 Å². The summed E-state index contributed by atoms with van der Waals surface area (Å²) in [6, 6.07) is 9.33. The number of phenolic OH excluding ortho intramolecular Hbond substituents is 1. The van der Waals surface area contributed by atoms with Gasteiger partial charge >= 0.3 is 5.97 Å². The monoisotopic (exact) mass is 526 g/mol. The number of piperidine rings is 1. The highest BCUT2D eigenvalue weighted by Crippen LogP contribution is 2.65. The molecule has 39 heavy (non-hydrogen) atoms.